The van der Waals surface area contributed by atoms with Gasteiger partial charge in [0.1, 0.15) is 6.61 Å². The van der Waals surface area contributed by atoms with E-state index < -0.39 is 17.7 Å². The van der Waals surface area contributed by atoms with Crippen molar-refractivity contribution in [1.29, 1.82) is 0 Å². The van der Waals surface area contributed by atoms with Crippen LogP contribution in [-0.2, 0) is 19.0 Å². The van der Waals surface area contributed by atoms with Crippen molar-refractivity contribution in [3.05, 3.63) is 12.7 Å². The molecule has 0 aromatic heterocycles. The Labute approximate surface area is 105 Å². The molecule has 1 aliphatic rings. The van der Waals surface area contributed by atoms with Gasteiger partial charge in [0.25, 0.3) is 0 Å². The summed E-state index contributed by atoms with van der Waals surface area (Å²) >= 11 is 0. The van der Waals surface area contributed by atoms with Crippen molar-refractivity contribution < 1.29 is 28.9 Å². The minimum atomic E-state index is -1.53. The number of carboxylic acid groups (broad SMARTS) is 1. The third kappa shape index (κ3) is 3.21. The average Bonchev–Trinajstić information content (AvgIpc) is 2.36. The SMILES string of the molecule is C=CCOC(=O)N1CCOC(COC)(C(=O)O)C1. The normalized spacial score (nSPS) is 23.5. The summed E-state index contributed by atoms with van der Waals surface area (Å²) in [5.41, 5.74) is -1.53. The first-order valence-corrected chi connectivity index (χ1v) is 5.44. The highest BCUT2D eigenvalue weighted by molar-refractivity contribution is 5.79. The van der Waals surface area contributed by atoms with Gasteiger partial charge in [0.2, 0.25) is 5.60 Å². The lowest BCUT2D eigenvalue weighted by Gasteiger charge is -2.38. The zero-order chi connectivity index (χ0) is 13.6. The van der Waals surface area contributed by atoms with Gasteiger partial charge in [-0.15, -0.1) is 0 Å². The maximum absolute atomic E-state index is 11.6. The predicted octanol–water partition coefficient (Wildman–Crippen LogP) is 0.111. The van der Waals surface area contributed by atoms with E-state index in [2.05, 4.69) is 6.58 Å². The fourth-order valence-electron chi connectivity index (χ4n) is 1.67. The summed E-state index contributed by atoms with van der Waals surface area (Å²) in [5.74, 6) is -1.16. The molecule has 0 aromatic rings. The highest BCUT2D eigenvalue weighted by Crippen LogP contribution is 2.19. The Morgan fingerprint density at radius 1 is 1.61 bits per heavy atom. The van der Waals surface area contributed by atoms with Crippen LogP contribution < -0.4 is 0 Å². The molecular weight excluding hydrogens is 242 g/mol. The molecule has 0 aromatic carbocycles. The summed E-state index contributed by atoms with van der Waals surface area (Å²) in [6.45, 7) is 3.69. The van der Waals surface area contributed by atoms with Crippen molar-refractivity contribution in [3.63, 3.8) is 0 Å². The second-order valence-corrected chi connectivity index (χ2v) is 3.87. The number of carbonyl (C=O) groups excluding carboxylic acids is 1. The quantitative estimate of drug-likeness (QED) is 0.705. The predicted molar refractivity (Wildman–Crippen MR) is 61.3 cm³/mol. The molecule has 102 valence electrons. The number of carboxylic acids is 1. The maximum Gasteiger partial charge on any atom is 0.410 e. The van der Waals surface area contributed by atoms with Gasteiger partial charge in [-0.25, -0.2) is 9.59 Å². The van der Waals surface area contributed by atoms with E-state index in [-0.39, 0.29) is 32.9 Å². The lowest BCUT2D eigenvalue weighted by atomic mass is 10.0. The number of hydrogen-bond acceptors (Lipinski definition) is 5. The molecule has 1 amide bonds. The van der Waals surface area contributed by atoms with Crippen LogP contribution >= 0.6 is 0 Å². The van der Waals surface area contributed by atoms with E-state index in [1.807, 2.05) is 0 Å². The number of hydrogen-bond donors (Lipinski definition) is 1. The van der Waals surface area contributed by atoms with Crippen LogP contribution in [0.4, 0.5) is 4.79 Å². The topological polar surface area (TPSA) is 85.3 Å². The van der Waals surface area contributed by atoms with Crippen LogP contribution in [0.1, 0.15) is 0 Å². The second-order valence-electron chi connectivity index (χ2n) is 3.87. The fraction of sp³-hybridized carbons (Fsp3) is 0.636. The van der Waals surface area contributed by atoms with E-state index in [0.29, 0.717) is 0 Å². The summed E-state index contributed by atoms with van der Waals surface area (Å²) < 4.78 is 15.0. The van der Waals surface area contributed by atoms with E-state index in [1.165, 1.54) is 18.1 Å². The molecule has 1 saturated heterocycles. The first-order valence-electron chi connectivity index (χ1n) is 5.44. The minimum absolute atomic E-state index is 0.0839. The lowest BCUT2D eigenvalue weighted by molar-refractivity contribution is -0.185. The number of morpholine rings is 1. The van der Waals surface area contributed by atoms with Gasteiger partial charge in [-0.3, -0.25) is 0 Å². The van der Waals surface area contributed by atoms with Crippen molar-refractivity contribution >= 4 is 12.1 Å². The molecule has 1 fully saturated rings. The first-order chi connectivity index (χ1) is 8.55. The van der Waals surface area contributed by atoms with Gasteiger partial charge in [0.15, 0.2) is 0 Å². The summed E-state index contributed by atoms with van der Waals surface area (Å²) in [7, 11) is 1.38. The Morgan fingerprint density at radius 3 is 2.89 bits per heavy atom. The average molecular weight is 259 g/mol. The Morgan fingerprint density at radius 2 is 2.33 bits per heavy atom. The van der Waals surface area contributed by atoms with Gasteiger partial charge in [-0.05, 0) is 0 Å². The molecule has 18 heavy (non-hydrogen) atoms. The zero-order valence-corrected chi connectivity index (χ0v) is 10.3. The van der Waals surface area contributed by atoms with Gasteiger partial charge in [0.05, 0.1) is 19.8 Å². The molecule has 0 aliphatic carbocycles. The third-order valence-electron chi connectivity index (χ3n) is 2.54. The van der Waals surface area contributed by atoms with E-state index >= 15 is 0 Å². The van der Waals surface area contributed by atoms with Crippen molar-refractivity contribution in [1.82, 2.24) is 4.90 Å². The molecule has 1 atom stereocenters. The maximum atomic E-state index is 11.6. The lowest BCUT2D eigenvalue weighted by Crippen LogP contribution is -2.60. The number of rotatable bonds is 5. The van der Waals surface area contributed by atoms with Crippen molar-refractivity contribution in [2.24, 2.45) is 0 Å². The second kappa shape index (κ2) is 6.36. The van der Waals surface area contributed by atoms with Crippen LogP contribution in [-0.4, -0.2) is 67.7 Å². The number of ether oxygens (including phenoxy) is 3. The van der Waals surface area contributed by atoms with Gasteiger partial charge in [-0.1, -0.05) is 12.7 Å². The highest BCUT2D eigenvalue weighted by atomic mass is 16.6. The van der Waals surface area contributed by atoms with Crippen LogP contribution in [0, 0.1) is 0 Å². The van der Waals surface area contributed by atoms with Crippen LogP contribution in [0.3, 0.4) is 0 Å². The van der Waals surface area contributed by atoms with Crippen LogP contribution in [0.2, 0.25) is 0 Å². The first kappa shape index (κ1) is 14.5. The highest BCUT2D eigenvalue weighted by Gasteiger charge is 2.45. The molecule has 7 heteroatoms. The van der Waals surface area contributed by atoms with E-state index in [9.17, 15) is 14.7 Å². The molecule has 1 heterocycles. The Kier molecular flexibility index (Phi) is 5.11. The molecule has 0 spiro atoms. The molecule has 0 saturated carbocycles. The molecule has 1 N–H and O–H groups in total. The molecule has 7 nitrogen and oxygen atoms in total. The molecule has 0 bridgehead atoms. The smallest absolute Gasteiger partial charge is 0.410 e. The third-order valence-corrected chi connectivity index (χ3v) is 2.54. The Bertz CT molecular complexity index is 327. The molecule has 1 aliphatic heterocycles. The molecule has 1 rings (SSSR count). The number of methoxy groups -OCH3 is 1. The minimum Gasteiger partial charge on any atom is -0.479 e. The van der Waals surface area contributed by atoms with Gasteiger partial charge in [-0.2, -0.15) is 0 Å². The van der Waals surface area contributed by atoms with Crippen LogP contribution in [0.15, 0.2) is 12.7 Å². The summed E-state index contributed by atoms with van der Waals surface area (Å²) in [6, 6.07) is 0. The van der Waals surface area contributed by atoms with Crippen molar-refractivity contribution in [2.45, 2.75) is 5.60 Å². The van der Waals surface area contributed by atoms with Gasteiger partial charge in [0, 0.05) is 13.7 Å². The number of amides is 1. The van der Waals surface area contributed by atoms with Crippen LogP contribution in [0.25, 0.3) is 0 Å². The number of aliphatic carboxylic acids is 1. The summed E-state index contributed by atoms with van der Waals surface area (Å²) in [5, 5.41) is 9.20. The van der Waals surface area contributed by atoms with E-state index in [1.54, 1.807) is 0 Å². The molecule has 1 unspecified atom stereocenters. The van der Waals surface area contributed by atoms with Crippen molar-refractivity contribution in [3.8, 4) is 0 Å². The largest absolute Gasteiger partial charge is 0.479 e. The summed E-state index contributed by atoms with van der Waals surface area (Å²) in [6.07, 6.45) is 0.859. The number of nitrogens with zero attached hydrogens (tertiary/aromatic N) is 1. The van der Waals surface area contributed by atoms with E-state index in [0.717, 1.165) is 0 Å². The fourth-order valence-corrected chi connectivity index (χ4v) is 1.67. The molecule has 0 radical (unpaired) electrons. The number of carbonyl (C=O) groups is 2. The standard InChI is InChI=1S/C11H17NO6/c1-3-5-17-10(15)12-4-6-18-11(7-12,8-16-2)9(13)14/h3H,1,4-8H2,2H3,(H,13,14). The van der Waals surface area contributed by atoms with Crippen molar-refractivity contribution in [2.75, 3.05) is 40.0 Å². The zero-order valence-electron chi connectivity index (χ0n) is 10.3. The Balaban J connectivity index is 2.71. The monoisotopic (exact) mass is 259 g/mol. The molecular formula is C11H17NO6. The van der Waals surface area contributed by atoms with Crippen LogP contribution in [0.5, 0.6) is 0 Å². The Hall–Kier alpha value is -1.60. The van der Waals surface area contributed by atoms with E-state index in [4.69, 9.17) is 14.2 Å². The van der Waals surface area contributed by atoms with Gasteiger partial charge < -0.3 is 24.2 Å². The van der Waals surface area contributed by atoms with Gasteiger partial charge >= 0.3 is 12.1 Å². The summed E-state index contributed by atoms with van der Waals surface area (Å²) in [4.78, 5) is 24.2.